The third-order valence-corrected chi connectivity index (χ3v) is 8.47. The van der Waals surface area contributed by atoms with Crippen molar-refractivity contribution in [1.82, 2.24) is 15.4 Å². The highest BCUT2D eigenvalue weighted by Gasteiger charge is 2.32. The second-order valence-electron chi connectivity index (χ2n) is 9.43. The Morgan fingerprint density at radius 2 is 1.58 bits per heavy atom. The molecule has 33 heavy (non-hydrogen) atoms. The summed E-state index contributed by atoms with van der Waals surface area (Å²) in [6, 6.07) is 11.2. The van der Waals surface area contributed by atoms with Crippen LogP contribution in [0, 0.1) is 12.8 Å². The van der Waals surface area contributed by atoms with Gasteiger partial charge in [-0.05, 0) is 73.4 Å². The third-order valence-electron chi connectivity index (χ3n) is 6.94. The first-order valence-corrected chi connectivity index (χ1v) is 13.5. The van der Waals surface area contributed by atoms with Crippen molar-refractivity contribution in [2.24, 2.45) is 5.92 Å². The Labute approximate surface area is 197 Å². The number of carbonyl (C=O) groups excluding carboxylic acids is 1. The Bertz CT molecular complexity index is 1080. The van der Waals surface area contributed by atoms with Crippen LogP contribution in [-0.2, 0) is 40.5 Å². The molecule has 0 bridgehead atoms. The van der Waals surface area contributed by atoms with Crippen molar-refractivity contribution in [1.29, 1.82) is 0 Å². The predicted octanol–water partition coefficient (Wildman–Crippen LogP) is 2.66. The fourth-order valence-electron chi connectivity index (χ4n) is 5.09. The zero-order chi connectivity index (χ0) is 23.6. The van der Waals surface area contributed by atoms with Crippen LogP contribution in [0.1, 0.15) is 48.1 Å². The maximum absolute atomic E-state index is 13.0. The van der Waals surface area contributed by atoms with E-state index in [1.54, 1.807) is 24.3 Å². The molecule has 0 saturated carbocycles. The van der Waals surface area contributed by atoms with E-state index < -0.39 is 10.0 Å². The summed E-state index contributed by atoms with van der Waals surface area (Å²) in [5.74, 6) is -0.253. The van der Waals surface area contributed by atoms with Crippen molar-refractivity contribution in [3.63, 3.8) is 0 Å². The van der Waals surface area contributed by atoms with E-state index in [-0.39, 0.29) is 28.8 Å². The summed E-state index contributed by atoms with van der Waals surface area (Å²) in [4.78, 5) is 13.3. The third kappa shape index (κ3) is 5.48. The number of fused-ring (bicyclic) bond motifs is 1. The zero-order valence-electron chi connectivity index (χ0n) is 19.8. The fourth-order valence-corrected chi connectivity index (χ4v) is 6.34. The molecule has 0 radical (unpaired) electrons. The van der Waals surface area contributed by atoms with E-state index >= 15 is 0 Å². The first kappa shape index (κ1) is 23.9. The standard InChI is InChI=1S/C26H35N3O3S/c1-4-18-10-20-12-23(13-21(20)11-19(18)5-2)28-26(30)22-14-24(16-27-15-22)29-33(31,32)25-8-6-17(3)7-9-25/h6-11,22-24,27,29H,4-5,12-16H2,1-3H3,(H,28,30). The molecule has 1 aliphatic carbocycles. The van der Waals surface area contributed by atoms with Gasteiger partial charge >= 0.3 is 0 Å². The Kier molecular flexibility index (Phi) is 7.22. The number of piperidine rings is 1. The number of benzene rings is 2. The molecule has 3 N–H and O–H groups in total. The van der Waals surface area contributed by atoms with Crippen LogP contribution in [-0.4, -0.2) is 39.5 Å². The minimum atomic E-state index is -3.62. The molecule has 2 aliphatic rings. The lowest BCUT2D eigenvalue weighted by atomic mass is 9.95. The highest BCUT2D eigenvalue weighted by Crippen LogP contribution is 2.27. The molecule has 1 saturated heterocycles. The predicted molar refractivity (Wildman–Crippen MR) is 131 cm³/mol. The van der Waals surface area contributed by atoms with Crippen LogP contribution in [0.2, 0.25) is 0 Å². The van der Waals surface area contributed by atoms with E-state index in [1.165, 1.54) is 22.3 Å². The zero-order valence-corrected chi connectivity index (χ0v) is 20.6. The molecule has 1 heterocycles. The van der Waals surface area contributed by atoms with Crippen molar-refractivity contribution in [2.75, 3.05) is 13.1 Å². The SMILES string of the molecule is CCc1cc2c(cc1CC)CC(NC(=O)C1CNCC(NS(=O)(=O)c3ccc(C)cc3)C1)C2. The van der Waals surface area contributed by atoms with Gasteiger partial charge in [0, 0.05) is 25.2 Å². The average Bonchev–Trinajstić information content (AvgIpc) is 3.19. The number of sulfonamides is 1. The van der Waals surface area contributed by atoms with Crippen LogP contribution in [0.15, 0.2) is 41.3 Å². The smallest absolute Gasteiger partial charge is 0.240 e. The van der Waals surface area contributed by atoms with Gasteiger partial charge in [-0.25, -0.2) is 13.1 Å². The Morgan fingerprint density at radius 3 is 2.15 bits per heavy atom. The molecule has 4 rings (SSSR count). The van der Waals surface area contributed by atoms with Crippen molar-refractivity contribution < 1.29 is 13.2 Å². The molecule has 2 aromatic carbocycles. The summed E-state index contributed by atoms with van der Waals surface area (Å²) in [5.41, 5.74) is 6.52. The van der Waals surface area contributed by atoms with Gasteiger partial charge < -0.3 is 10.6 Å². The summed E-state index contributed by atoms with van der Waals surface area (Å²) >= 11 is 0. The van der Waals surface area contributed by atoms with Crippen LogP contribution < -0.4 is 15.4 Å². The van der Waals surface area contributed by atoms with Crippen LogP contribution in [0.4, 0.5) is 0 Å². The quantitative estimate of drug-likeness (QED) is 0.582. The van der Waals surface area contributed by atoms with E-state index in [2.05, 4.69) is 41.3 Å². The molecule has 0 spiro atoms. The molecular formula is C26H35N3O3S. The summed E-state index contributed by atoms with van der Waals surface area (Å²) in [7, 11) is -3.62. The summed E-state index contributed by atoms with van der Waals surface area (Å²) in [6.07, 6.45) is 4.27. The van der Waals surface area contributed by atoms with Crippen LogP contribution in [0.25, 0.3) is 0 Å². The number of aryl methyl sites for hydroxylation is 3. The number of amides is 1. The molecule has 6 nitrogen and oxygen atoms in total. The van der Waals surface area contributed by atoms with Gasteiger partial charge in [0.15, 0.2) is 0 Å². The van der Waals surface area contributed by atoms with E-state index in [1.807, 2.05) is 6.92 Å². The maximum atomic E-state index is 13.0. The molecule has 2 atom stereocenters. The molecule has 1 amide bonds. The largest absolute Gasteiger partial charge is 0.352 e. The monoisotopic (exact) mass is 469 g/mol. The maximum Gasteiger partial charge on any atom is 0.240 e. The minimum Gasteiger partial charge on any atom is -0.352 e. The van der Waals surface area contributed by atoms with Crippen LogP contribution in [0.3, 0.4) is 0 Å². The lowest BCUT2D eigenvalue weighted by molar-refractivity contribution is -0.126. The van der Waals surface area contributed by atoms with Gasteiger partial charge in [-0.15, -0.1) is 0 Å². The highest BCUT2D eigenvalue weighted by molar-refractivity contribution is 7.89. The van der Waals surface area contributed by atoms with Gasteiger partial charge in [0.05, 0.1) is 10.8 Å². The minimum absolute atomic E-state index is 0.00553. The summed E-state index contributed by atoms with van der Waals surface area (Å²) in [6.45, 7) is 7.38. The van der Waals surface area contributed by atoms with Gasteiger partial charge in [-0.1, -0.05) is 43.7 Å². The first-order chi connectivity index (χ1) is 15.8. The van der Waals surface area contributed by atoms with Crippen molar-refractivity contribution in [3.05, 3.63) is 64.2 Å². The first-order valence-electron chi connectivity index (χ1n) is 12.0. The van der Waals surface area contributed by atoms with Gasteiger partial charge in [0.1, 0.15) is 0 Å². The second-order valence-corrected chi connectivity index (χ2v) is 11.1. The topological polar surface area (TPSA) is 87.3 Å². The van der Waals surface area contributed by atoms with Gasteiger partial charge in [0.25, 0.3) is 0 Å². The normalized spacial score (nSPS) is 21.1. The lowest BCUT2D eigenvalue weighted by Crippen LogP contribution is -2.53. The van der Waals surface area contributed by atoms with E-state index in [9.17, 15) is 13.2 Å². The molecule has 1 aliphatic heterocycles. The van der Waals surface area contributed by atoms with Crippen LogP contribution >= 0.6 is 0 Å². The number of nitrogens with one attached hydrogen (secondary N) is 3. The highest BCUT2D eigenvalue weighted by atomic mass is 32.2. The molecule has 2 unspecified atom stereocenters. The number of carbonyl (C=O) groups is 1. The van der Waals surface area contributed by atoms with E-state index in [0.29, 0.717) is 19.5 Å². The average molecular weight is 470 g/mol. The number of hydrogen-bond donors (Lipinski definition) is 3. The molecule has 7 heteroatoms. The summed E-state index contributed by atoms with van der Waals surface area (Å²) in [5, 5.41) is 6.47. The number of rotatable bonds is 7. The number of hydrogen-bond acceptors (Lipinski definition) is 4. The Hall–Kier alpha value is -2.22. The van der Waals surface area contributed by atoms with Crippen molar-refractivity contribution in [3.8, 4) is 0 Å². The van der Waals surface area contributed by atoms with Gasteiger partial charge in [-0.3, -0.25) is 4.79 Å². The molecular weight excluding hydrogens is 434 g/mol. The van der Waals surface area contributed by atoms with Crippen LogP contribution in [0.5, 0.6) is 0 Å². The molecule has 1 fully saturated rings. The van der Waals surface area contributed by atoms with Gasteiger partial charge in [-0.2, -0.15) is 0 Å². The van der Waals surface area contributed by atoms with Gasteiger partial charge in [0.2, 0.25) is 15.9 Å². The van der Waals surface area contributed by atoms with Crippen molar-refractivity contribution in [2.45, 2.75) is 69.9 Å². The molecule has 0 aromatic heterocycles. The Balaban J connectivity index is 1.35. The lowest BCUT2D eigenvalue weighted by Gasteiger charge is -2.30. The second kappa shape index (κ2) is 9.95. The van der Waals surface area contributed by atoms with Crippen molar-refractivity contribution >= 4 is 15.9 Å². The van der Waals surface area contributed by atoms with E-state index in [0.717, 1.165) is 31.2 Å². The van der Waals surface area contributed by atoms with E-state index in [4.69, 9.17) is 0 Å². The molecule has 178 valence electrons. The summed E-state index contributed by atoms with van der Waals surface area (Å²) < 4.78 is 28.3. The Morgan fingerprint density at radius 1 is 0.970 bits per heavy atom. The fraction of sp³-hybridized carbons (Fsp3) is 0.500. The molecule has 2 aromatic rings.